The van der Waals surface area contributed by atoms with Crippen molar-refractivity contribution in [3.63, 3.8) is 0 Å². The molecule has 1 aliphatic carbocycles. The molecule has 1 aliphatic rings. The van der Waals surface area contributed by atoms with Gasteiger partial charge in [0.1, 0.15) is 0 Å². The minimum absolute atomic E-state index is 0.130. The minimum Gasteiger partial charge on any atom is -0.353 e. The first kappa shape index (κ1) is 15.8. The van der Waals surface area contributed by atoms with Gasteiger partial charge in [-0.3, -0.25) is 4.79 Å². The molecule has 5 heteroatoms. The second-order valence-corrected chi connectivity index (χ2v) is 5.69. The van der Waals surface area contributed by atoms with Crippen molar-refractivity contribution in [3.8, 4) is 0 Å². The molecule has 3 atom stereocenters. The monoisotopic (exact) mass is 269 g/mol. The maximum Gasteiger partial charge on any atom is 0.312 e. The third-order valence-corrected chi connectivity index (χ3v) is 4.18. The molecule has 0 bridgehead atoms. The van der Waals surface area contributed by atoms with Crippen LogP contribution in [0.2, 0.25) is 0 Å². The summed E-state index contributed by atoms with van der Waals surface area (Å²) in [4.78, 5) is 22.3. The van der Waals surface area contributed by atoms with Crippen molar-refractivity contribution < 1.29 is 9.59 Å². The van der Waals surface area contributed by atoms with Gasteiger partial charge in [-0.15, -0.1) is 0 Å². The molecule has 3 unspecified atom stereocenters. The van der Waals surface area contributed by atoms with Crippen LogP contribution >= 0.6 is 0 Å². The molecule has 3 amide bonds. The summed E-state index contributed by atoms with van der Waals surface area (Å²) >= 11 is 0. The molecule has 0 heterocycles. The van der Waals surface area contributed by atoms with Crippen LogP contribution in [0.4, 0.5) is 4.79 Å². The molecular formula is C14H27N3O2. The van der Waals surface area contributed by atoms with Crippen LogP contribution in [0, 0.1) is 11.8 Å². The number of amides is 3. The summed E-state index contributed by atoms with van der Waals surface area (Å²) in [6, 6.07) is -0.172. The molecule has 110 valence electrons. The van der Waals surface area contributed by atoms with E-state index in [-0.39, 0.29) is 5.91 Å². The van der Waals surface area contributed by atoms with Crippen molar-refractivity contribution >= 4 is 11.9 Å². The summed E-state index contributed by atoms with van der Waals surface area (Å²) in [5, 5.41) is 5.67. The Hall–Kier alpha value is -1.26. The topological polar surface area (TPSA) is 84.2 Å². The molecule has 19 heavy (non-hydrogen) atoms. The van der Waals surface area contributed by atoms with E-state index >= 15 is 0 Å². The highest BCUT2D eigenvalue weighted by molar-refractivity contribution is 5.76. The van der Waals surface area contributed by atoms with E-state index in [1.165, 1.54) is 12.8 Å². The first-order valence-corrected chi connectivity index (χ1v) is 7.33. The molecule has 0 spiro atoms. The van der Waals surface area contributed by atoms with Crippen molar-refractivity contribution in [1.82, 2.24) is 10.6 Å². The fourth-order valence-corrected chi connectivity index (χ4v) is 2.69. The summed E-state index contributed by atoms with van der Waals surface area (Å²) in [6.45, 7) is 5.03. The van der Waals surface area contributed by atoms with E-state index in [0.29, 0.717) is 30.8 Å². The van der Waals surface area contributed by atoms with Crippen LogP contribution in [-0.4, -0.2) is 24.5 Å². The summed E-state index contributed by atoms with van der Waals surface area (Å²) in [5.41, 5.74) is 4.96. The van der Waals surface area contributed by atoms with Gasteiger partial charge in [-0.1, -0.05) is 26.7 Å². The summed E-state index contributed by atoms with van der Waals surface area (Å²) in [7, 11) is 0. The lowest BCUT2D eigenvalue weighted by molar-refractivity contribution is -0.122. The Bertz CT molecular complexity index is 307. The van der Waals surface area contributed by atoms with E-state index in [2.05, 4.69) is 24.5 Å². The van der Waals surface area contributed by atoms with E-state index < -0.39 is 6.03 Å². The lowest BCUT2D eigenvalue weighted by Crippen LogP contribution is -2.43. The Kier molecular flexibility index (Phi) is 6.67. The van der Waals surface area contributed by atoms with E-state index in [9.17, 15) is 9.59 Å². The molecule has 0 saturated heterocycles. The highest BCUT2D eigenvalue weighted by atomic mass is 16.2. The predicted molar refractivity (Wildman–Crippen MR) is 75.5 cm³/mol. The summed E-state index contributed by atoms with van der Waals surface area (Å²) in [6.07, 6.45) is 5.67. The van der Waals surface area contributed by atoms with Gasteiger partial charge >= 0.3 is 6.03 Å². The van der Waals surface area contributed by atoms with Gasteiger partial charge in [0.05, 0.1) is 0 Å². The van der Waals surface area contributed by atoms with Crippen LogP contribution in [-0.2, 0) is 4.79 Å². The van der Waals surface area contributed by atoms with E-state index in [4.69, 9.17) is 5.73 Å². The zero-order valence-electron chi connectivity index (χ0n) is 12.1. The predicted octanol–water partition coefficient (Wildman–Crippen LogP) is 1.77. The van der Waals surface area contributed by atoms with Crippen LogP contribution in [0.5, 0.6) is 0 Å². The van der Waals surface area contributed by atoms with Crippen molar-refractivity contribution in [1.29, 1.82) is 0 Å². The Balaban J connectivity index is 2.14. The lowest BCUT2D eigenvalue weighted by atomic mass is 9.78. The Morgan fingerprint density at radius 1 is 1.21 bits per heavy atom. The maximum atomic E-state index is 11.8. The Morgan fingerprint density at radius 3 is 2.63 bits per heavy atom. The van der Waals surface area contributed by atoms with Gasteiger partial charge in [-0.25, -0.2) is 4.79 Å². The Morgan fingerprint density at radius 2 is 1.95 bits per heavy atom. The number of carbonyl (C=O) groups excluding carboxylic acids is 2. The van der Waals surface area contributed by atoms with Crippen molar-refractivity contribution in [2.24, 2.45) is 17.6 Å². The van der Waals surface area contributed by atoms with E-state index in [1.54, 1.807) is 0 Å². The van der Waals surface area contributed by atoms with Crippen LogP contribution < -0.4 is 16.4 Å². The first-order valence-electron chi connectivity index (χ1n) is 7.33. The number of urea groups is 1. The van der Waals surface area contributed by atoms with Crippen LogP contribution in [0.25, 0.3) is 0 Å². The standard InChI is InChI=1S/C14H27N3O2/c1-10-6-5-7-12(11(10)2)17-13(18)8-3-4-9-16-14(15)19/h10-12H,3-9H2,1-2H3,(H,17,18)(H3,15,16,19). The average molecular weight is 269 g/mol. The van der Waals surface area contributed by atoms with Gasteiger partial charge in [0.15, 0.2) is 0 Å². The molecule has 0 aliphatic heterocycles. The first-order chi connectivity index (χ1) is 9.00. The fraction of sp³-hybridized carbons (Fsp3) is 0.857. The number of carbonyl (C=O) groups is 2. The van der Waals surface area contributed by atoms with Crippen LogP contribution in [0.1, 0.15) is 52.4 Å². The van der Waals surface area contributed by atoms with E-state index in [0.717, 1.165) is 19.3 Å². The molecule has 4 N–H and O–H groups in total. The minimum atomic E-state index is -0.505. The number of rotatable bonds is 6. The van der Waals surface area contributed by atoms with Gasteiger partial charge in [0.25, 0.3) is 0 Å². The number of hydrogen-bond donors (Lipinski definition) is 3. The van der Waals surface area contributed by atoms with Crippen molar-refractivity contribution in [2.45, 2.75) is 58.4 Å². The number of hydrogen-bond acceptors (Lipinski definition) is 2. The second-order valence-electron chi connectivity index (χ2n) is 5.69. The number of unbranched alkanes of at least 4 members (excludes halogenated alkanes) is 1. The maximum absolute atomic E-state index is 11.8. The lowest BCUT2D eigenvalue weighted by Gasteiger charge is -2.34. The highest BCUT2D eigenvalue weighted by Crippen LogP contribution is 2.29. The van der Waals surface area contributed by atoms with Crippen molar-refractivity contribution in [2.75, 3.05) is 6.54 Å². The smallest absolute Gasteiger partial charge is 0.312 e. The molecule has 1 saturated carbocycles. The molecule has 5 nitrogen and oxygen atoms in total. The van der Waals surface area contributed by atoms with Gasteiger partial charge in [0, 0.05) is 19.0 Å². The van der Waals surface area contributed by atoms with Crippen molar-refractivity contribution in [3.05, 3.63) is 0 Å². The van der Waals surface area contributed by atoms with Crippen LogP contribution in [0.15, 0.2) is 0 Å². The van der Waals surface area contributed by atoms with Gasteiger partial charge < -0.3 is 16.4 Å². The summed E-state index contributed by atoms with van der Waals surface area (Å²) in [5.74, 6) is 1.39. The molecule has 1 rings (SSSR count). The van der Waals surface area contributed by atoms with Gasteiger partial charge in [0.2, 0.25) is 5.91 Å². The van der Waals surface area contributed by atoms with Gasteiger partial charge in [-0.05, 0) is 31.1 Å². The molecule has 0 aromatic heterocycles. The average Bonchev–Trinajstić information content (AvgIpc) is 2.34. The summed E-state index contributed by atoms with van der Waals surface area (Å²) < 4.78 is 0. The quantitative estimate of drug-likeness (QED) is 0.642. The normalized spacial score (nSPS) is 26.7. The third kappa shape index (κ3) is 5.94. The largest absolute Gasteiger partial charge is 0.353 e. The number of nitrogens with two attached hydrogens (primary N) is 1. The molecule has 0 aromatic carbocycles. The molecule has 1 fully saturated rings. The fourth-order valence-electron chi connectivity index (χ4n) is 2.69. The number of nitrogens with one attached hydrogen (secondary N) is 2. The van der Waals surface area contributed by atoms with Crippen LogP contribution in [0.3, 0.4) is 0 Å². The zero-order valence-corrected chi connectivity index (χ0v) is 12.1. The molecule has 0 radical (unpaired) electrons. The second kappa shape index (κ2) is 8.02. The van der Waals surface area contributed by atoms with Gasteiger partial charge in [-0.2, -0.15) is 0 Å². The molecule has 0 aromatic rings. The van der Waals surface area contributed by atoms with E-state index in [1.807, 2.05) is 0 Å². The third-order valence-electron chi connectivity index (χ3n) is 4.18. The highest BCUT2D eigenvalue weighted by Gasteiger charge is 2.27. The molecular weight excluding hydrogens is 242 g/mol. The zero-order chi connectivity index (χ0) is 14.3. The Labute approximate surface area is 115 Å². The number of primary amides is 1. The SMILES string of the molecule is CC1CCCC(NC(=O)CCCCNC(N)=O)C1C.